The van der Waals surface area contributed by atoms with E-state index in [0.29, 0.717) is 42.4 Å². The molecule has 2 rings (SSSR count). The second-order valence-electron chi connectivity index (χ2n) is 5.39. The molecule has 2 aromatic carbocycles. The summed E-state index contributed by atoms with van der Waals surface area (Å²) in [7, 11) is 0. The number of anilines is 1. The number of carbonyl (C=O) groups is 2. The Labute approximate surface area is 162 Å². The highest BCUT2D eigenvalue weighted by atomic mass is 32.1. The molecule has 0 saturated heterocycles. The molecule has 2 aromatic rings. The van der Waals surface area contributed by atoms with Gasteiger partial charge in [-0.05, 0) is 55.5 Å². The van der Waals surface area contributed by atoms with Crippen molar-refractivity contribution in [1.82, 2.24) is 5.32 Å². The molecule has 142 valence electrons. The van der Waals surface area contributed by atoms with Crippen LogP contribution >= 0.6 is 12.2 Å². The summed E-state index contributed by atoms with van der Waals surface area (Å²) in [5, 5.41) is 5.60. The van der Waals surface area contributed by atoms with Crippen molar-refractivity contribution >= 4 is 34.8 Å². The molecule has 0 saturated carbocycles. The molecule has 0 heterocycles. The average Bonchev–Trinajstić information content (AvgIpc) is 2.66. The van der Waals surface area contributed by atoms with E-state index >= 15 is 0 Å². The van der Waals surface area contributed by atoms with Crippen LogP contribution in [0.15, 0.2) is 48.5 Å². The van der Waals surface area contributed by atoms with Crippen LogP contribution in [-0.2, 0) is 4.74 Å². The number of thiocarbonyl (C=S) groups is 1. The van der Waals surface area contributed by atoms with E-state index in [-0.39, 0.29) is 5.11 Å². The van der Waals surface area contributed by atoms with Crippen LogP contribution in [0, 0.1) is 0 Å². The molecule has 0 bridgehead atoms. The lowest BCUT2D eigenvalue weighted by atomic mass is 10.2. The zero-order valence-electron chi connectivity index (χ0n) is 14.9. The summed E-state index contributed by atoms with van der Waals surface area (Å²) in [6.07, 6.45) is 0. The topological polar surface area (TPSA) is 103 Å². The van der Waals surface area contributed by atoms with Gasteiger partial charge in [-0.1, -0.05) is 12.1 Å². The Kier molecular flexibility index (Phi) is 7.72. The van der Waals surface area contributed by atoms with E-state index in [2.05, 4.69) is 10.6 Å². The molecule has 7 nitrogen and oxygen atoms in total. The maximum atomic E-state index is 12.5. The number of hydrogen-bond acceptors (Lipinski definition) is 5. The monoisotopic (exact) mass is 387 g/mol. The fourth-order valence-corrected chi connectivity index (χ4v) is 2.40. The lowest BCUT2D eigenvalue weighted by molar-refractivity contribution is 0.0957. The minimum absolute atomic E-state index is 0.121. The number of para-hydroxylation sites is 1. The number of amides is 2. The van der Waals surface area contributed by atoms with Crippen molar-refractivity contribution in [3.8, 4) is 5.75 Å². The van der Waals surface area contributed by atoms with E-state index in [0.717, 1.165) is 0 Å². The molecule has 8 heteroatoms. The number of carbonyl (C=O) groups excluding carboxylic acids is 2. The van der Waals surface area contributed by atoms with Gasteiger partial charge in [0.1, 0.15) is 12.4 Å². The third-order valence-corrected chi connectivity index (χ3v) is 3.68. The average molecular weight is 387 g/mol. The van der Waals surface area contributed by atoms with E-state index in [1.54, 1.807) is 48.5 Å². The third kappa shape index (κ3) is 6.36. The lowest BCUT2D eigenvalue weighted by Crippen LogP contribution is -2.34. The number of benzene rings is 2. The van der Waals surface area contributed by atoms with Gasteiger partial charge in [-0.2, -0.15) is 0 Å². The molecular weight excluding hydrogens is 366 g/mol. The number of ether oxygens (including phenoxy) is 2. The van der Waals surface area contributed by atoms with Gasteiger partial charge in [0, 0.05) is 17.9 Å². The second kappa shape index (κ2) is 10.2. The van der Waals surface area contributed by atoms with Crippen LogP contribution in [0.25, 0.3) is 0 Å². The molecule has 0 fully saturated rings. The van der Waals surface area contributed by atoms with Gasteiger partial charge in [-0.25, -0.2) is 0 Å². The van der Waals surface area contributed by atoms with Crippen molar-refractivity contribution in [2.24, 2.45) is 5.73 Å². The number of primary amides is 1. The van der Waals surface area contributed by atoms with E-state index in [4.69, 9.17) is 27.4 Å². The van der Waals surface area contributed by atoms with Gasteiger partial charge in [0.05, 0.1) is 12.2 Å². The first-order valence-electron chi connectivity index (χ1n) is 8.33. The largest absolute Gasteiger partial charge is 0.490 e. The normalized spacial score (nSPS) is 10.1. The number of nitrogens with two attached hydrogens (primary N) is 1. The standard InChI is InChI=1S/C19H21N3O4S/c1-2-25-11-12-26-16-6-4-3-5-15(16)18(24)22-19(27)21-14-9-7-13(8-10-14)17(20)23/h3-10H,2,11-12H2,1H3,(H2,20,23)(H2,21,22,24,27). The first-order valence-corrected chi connectivity index (χ1v) is 8.74. The summed E-state index contributed by atoms with van der Waals surface area (Å²) in [5.41, 5.74) is 6.56. The molecule has 0 spiro atoms. The van der Waals surface area contributed by atoms with Gasteiger partial charge >= 0.3 is 0 Å². The Morgan fingerprint density at radius 2 is 1.78 bits per heavy atom. The highest BCUT2D eigenvalue weighted by Crippen LogP contribution is 2.18. The molecular formula is C19H21N3O4S. The maximum Gasteiger partial charge on any atom is 0.261 e. The molecule has 27 heavy (non-hydrogen) atoms. The summed E-state index contributed by atoms with van der Waals surface area (Å²) in [5.74, 6) is -0.463. The Morgan fingerprint density at radius 1 is 1.07 bits per heavy atom. The van der Waals surface area contributed by atoms with Crippen molar-refractivity contribution in [3.63, 3.8) is 0 Å². The van der Waals surface area contributed by atoms with Crippen LogP contribution in [0.2, 0.25) is 0 Å². The Balaban J connectivity index is 1.95. The minimum Gasteiger partial charge on any atom is -0.490 e. The van der Waals surface area contributed by atoms with Gasteiger partial charge in [0.2, 0.25) is 5.91 Å². The summed E-state index contributed by atoms with van der Waals surface area (Å²) < 4.78 is 10.8. The van der Waals surface area contributed by atoms with Crippen molar-refractivity contribution in [1.29, 1.82) is 0 Å². The Hall–Kier alpha value is -2.97. The molecule has 0 aliphatic carbocycles. The van der Waals surface area contributed by atoms with Crippen molar-refractivity contribution in [2.45, 2.75) is 6.92 Å². The second-order valence-corrected chi connectivity index (χ2v) is 5.80. The Bertz CT molecular complexity index is 809. The molecule has 0 aromatic heterocycles. The van der Waals surface area contributed by atoms with Gasteiger partial charge in [-0.15, -0.1) is 0 Å². The minimum atomic E-state index is -0.515. The van der Waals surface area contributed by atoms with E-state index in [1.165, 1.54) is 0 Å². The van der Waals surface area contributed by atoms with Gasteiger partial charge < -0.3 is 20.5 Å². The summed E-state index contributed by atoms with van der Waals surface area (Å²) in [6, 6.07) is 13.3. The highest BCUT2D eigenvalue weighted by molar-refractivity contribution is 7.80. The molecule has 0 atom stereocenters. The first-order chi connectivity index (χ1) is 13.0. The number of hydrogen-bond donors (Lipinski definition) is 3. The van der Waals surface area contributed by atoms with Gasteiger partial charge in [0.25, 0.3) is 5.91 Å². The predicted octanol–water partition coefficient (Wildman–Crippen LogP) is 2.33. The predicted molar refractivity (Wildman–Crippen MR) is 107 cm³/mol. The van der Waals surface area contributed by atoms with Crippen LogP contribution in [-0.4, -0.2) is 36.7 Å². The van der Waals surface area contributed by atoms with Gasteiger partial charge in [0.15, 0.2) is 5.11 Å². The third-order valence-electron chi connectivity index (χ3n) is 3.48. The summed E-state index contributed by atoms with van der Waals surface area (Å²) >= 11 is 5.17. The SMILES string of the molecule is CCOCCOc1ccccc1C(=O)NC(=S)Nc1ccc(C(N)=O)cc1. The van der Waals surface area contributed by atoms with Gasteiger partial charge in [-0.3, -0.25) is 14.9 Å². The van der Waals surface area contributed by atoms with E-state index in [9.17, 15) is 9.59 Å². The zero-order valence-corrected chi connectivity index (χ0v) is 15.7. The van der Waals surface area contributed by atoms with Crippen LogP contribution < -0.4 is 21.1 Å². The Morgan fingerprint density at radius 3 is 2.44 bits per heavy atom. The summed E-state index contributed by atoms with van der Waals surface area (Å²) in [4.78, 5) is 23.6. The van der Waals surface area contributed by atoms with Crippen LogP contribution in [0.4, 0.5) is 5.69 Å². The van der Waals surface area contributed by atoms with Crippen molar-refractivity contribution in [3.05, 3.63) is 59.7 Å². The first kappa shape index (κ1) is 20.3. The molecule has 2 amide bonds. The van der Waals surface area contributed by atoms with E-state index in [1.807, 2.05) is 6.92 Å². The fourth-order valence-electron chi connectivity index (χ4n) is 2.19. The number of rotatable bonds is 8. The molecule has 0 aliphatic rings. The molecule has 0 aliphatic heterocycles. The lowest BCUT2D eigenvalue weighted by Gasteiger charge is -2.13. The number of nitrogens with one attached hydrogen (secondary N) is 2. The maximum absolute atomic E-state index is 12.5. The fraction of sp³-hybridized carbons (Fsp3) is 0.211. The van der Waals surface area contributed by atoms with Crippen LogP contribution in [0.1, 0.15) is 27.6 Å². The highest BCUT2D eigenvalue weighted by Gasteiger charge is 2.13. The van der Waals surface area contributed by atoms with Crippen LogP contribution in [0.3, 0.4) is 0 Å². The zero-order chi connectivity index (χ0) is 19.6. The summed E-state index contributed by atoms with van der Waals surface area (Å²) in [6.45, 7) is 3.28. The smallest absolute Gasteiger partial charge is 0.261 e. The van der Waals surface area contributed by atoms with Crippen LogP contribution in [0.5, 0.6) is 5.75 Å². The van der Waals surface area contributed by atoms with Crippen molar-refractivity contribution < 1.29 is 19.1 Å². The van der Waals surface area contributed by atoms with Crippen molar-refractivity contribution in [2.75, 3.05) is 25.1 Å². The molecule has 0 unspecified atom stereocenters. The molecule has 4 N–H and O–H groups in total. The molecule has 0 radical (unpaired) electrons. The van der Waals surface area contributed by atoms with E-state index < -0.39 is 11.8 Å². The quantitative estimate of drug-likeness (QED) is 0.475.